The van der Waals surface area contributed by atoms with Crippen molar-refractivity contribution in [2.45, 2.75) is 25.9 Å². The summed E-state index contributed by atoms with van der Waals surface area (Å²) in [6.45, 7) is 4.12. The molecule has 5 heteroatoms. The van der Waals surface area contributed by atoms with Gasteiger partial charge in [-0.2, -0.15) is 5.10 Å². The fourth-order valence-corrected chi connectivity index (χ4v) is 1.83. The molecule has 1 amide bonds. The minimum Gasteiger partial charge on any atom is -0.339 e. The predicted octanol–water partition coefficient (Wildman–Crippen LogP) is -0.249. The summed E-state index contributed by atoms with van der Waals surface area (Å²) in [6.07, 6.45) is 4.27. The predicted molar refractivity (Wildman–Crippen MR) is 56.1 cm³/mol. The third-order valence-electron chi connectivity index (χ3n) is 2.61. The van der Waals surface area contributed by atoms with Gasteiger partial charge in [-0.25, -0.2) is 0 Å². The smallest absolute Gasteiger partial charge is 0.224 e. The molecule has 82 valence electrons. The van der Waals surface area contributed by atoms with Gasteiger partial charge < -0.3 is 10.6 Å². The molecule has 5 nitrogen and oxygen atoms in total. The number of carbonyl (C=O) groups is 1. The van der Waals surface area contributed by atoms with Gasteiger partial charge in [0.05, 0.1) is 12.7 Å². The summed E-state index contributed by atoms with van der Waals surface area (Å²) < 4.78 is 1.85. The maximum Gasteiger partial charge on any atom is 0.224 e. The van der Waals surface area contributed by atoms with Crippen molar-refractivity contribution >= 4 is 5.91 Å². The van der Waals surface area contributed by atoms with Crippen molar-refractivity contribution < 1.29 is 4.79 Å². The SMILES string of the molecule is Cc1cnn(CCN2CC(N)CC2=O)c1. The van der Waals surface area contributed by atoms with Crippen LogP contribution < -0.4 is 5.73 Å². The van der Waals surface area contributed by atoms with E-state index in [1.807, 2.05) is 28.9 Å². The molecule has 1 aliphatic rings. The first kappa shape index (κ1) is 10.2. The summed E-state index contributed by atoms with van der Waals surface area (Å²) in [7, 11) is 0. The average Bonchev–Trinajstić information content (AvgIpc) is 2.70. The third-order valence-corrected chi connectivity index (χ3v) is 2.61. The van der Waals surface area contributed by atoms with Crippen LogP contribution in [0.3, 0.4) is 0 Å². The van der Waals surface area contributed by atoms with Gasteiger partial charge >= 0.3 is 0 Å². The lowest BCUT2D eigenvalue weighted by Gasteiger charge is -2.15. The molecule has 0 spiro atoms. The van der Waals surface area contributed by atoms with Gasteiger partial charge in [0.1, 0.15) is 0 Å². The van der Waals surface area contributed by atoms with E-state index in [0.717, 1.165) is 12.1 Å². The maximum absolute atomic E-state index is 11.4. The highest BCUT2D eigenvalue weighted by Gasteiger charge is 2.26. The Labute approximate surface area is 88.8 Å². The van der Waals surface area contributed by atoms with Crippen molar-refractivity contribution in [1.29, 1.82) is 0 Å². The van der Waals surface area contributed by atoms with Crippen LogP contribution in [0.15, 0.2) is 12.4 Å². The molecule has 2 rings (SSSR count). The second-order valence-corrected chi connectivity index (χ2v) is 4.08. The highest BCUT2D eigenvalue weighted by atomic mass is 16.2. The molecule has 0 radical (unpaired) electrons. The number of aromatic nitrogens is 2. The Hall–Kier alpha value is -1.36. The van der Waals surface area contributed by atoms with Crippen LogP contribution in [-0.2, 0) is 11.3 Å². The molecule has 2 heterocycles. The molecule has 0 aliphatic carbocycles. The van der Waals surface area contributed by atoms with Crippen LogP contribution in [0, 0.1) is 6.92 Å². The summed E-state index contributed by atoms with van der Waals surface area (Å²) in [5.41, 5.74) is 6.84. The first-order valence-corrected chi connectivity index (χ1v) is 5.17. The second kappa shape index (κ2) is 4.02. The number of nitrogens with zero attached hydrogens (tertiary/aromatic N) is 3. The first-order chi connectivity index (χ1) is 7.15. The highest BCUT2D eigenvalue weighted by molar-refractivity contribution is 5.79. The zero-order chi connectivity index (χ0) is 10.8. The lowest BCUT2D eigenvalue weighted by molar-refractivity contribution is -0.127. The lowest BCUT2D eigenvalue weighted by Crippen LogP contribution is -2.31. The first-order valence-electron chi connectivity index (χ1n) is 5.17. The van der Waals surface area contributed by atoms with Crippen LogP contribution in [0.4, 0.5) is 0 Å². The molecule has 1 aromatic rings. The van der Waals surface area contributed by atoms with E-state index >= 15 is 0 Å². The molecule has 1 aliphatic heterocycles. The Morgan fingerprint density at radius 2 is 2.40 bits per heavy atom. The monoisotopic (exact) mass is 208 g/mol. The van der Waals surface area contributed by atoms with Crippen molar-refractivity contribution in [2.24, 2.45) is 5.73 Å². The number of aryl methyl sites for hydroxylation is 1. The normalized spacial score (nSPS) is 21.3. The topological polar surface area (TPSA) is 64.2 Å². The van der Waals surface area contributed by atoms with Crippen LogP contribution in [0.5, 0.6) is 0 Å². The van der Waals surface area contributed by atoms with Gasteiger partial charge in [0.15, 0.2) is 0 Å². The molecular formula is C10H16N4O. The molecular weight excluding hydrogens is 192 g/mol. The van der Waals surface area contributed by atoms with Crippen LogP contribution in [0.1, 0.15) is 12.0 Å². The number of carbonyl (C=O) groups excluding carboxylic acids is 1. The fraction of sp³-hybridized carbons (Fsp3) is 0.600. The van der Waals surface area contributed by atoms with Crippen molar-refractivity contribution in [3.8, 4) is 0 Å². The number of rotatable bonds is 3. The van der Waals surface area contributed by atoms with Gasteiger partial charge in [0.2, 0.25) is 5.91 Å². The number of likely N-dealkylation sites (tertiary alicyclic amines) is 1. The molecule has 1 atom stereocenters. The van der Waals surface area contributed by atoms with Crippen LogP contribution in [0.2, 0.25) is 0 Å². The van der Waals surface area contributed by atoms with E-state index in [1.54, 1.807) is 0 Å². The van der Waals surface area contributed by atoms with Crippen molar-refractivity contribution in [1.82, 2.24) is 14.7 Å². The molecule has 0 bridgehead atoms. The molecule has 2 N–H and O–H groups in total. The molecule has 1 aromatic heterocycles. The zero-order valence-electron chi connectivity index (χ0n) is 8.89. The summed E-state index contributed by atoms with van der Waals surface area (Å²) in [5.74, 6) is 0.159. The molecule has 1 saturated heterocycles. The van der Waals surface area contributed by atoms with Gasteiger partial charge in [-0.15, -0.1) is 0 Å². The minimum atomic E-state index is 0.0110. The Morgan fingerprint density at radius 3 is 2.93 bits per heavy atom. The van der Waals surface area contributed by atoms with Crippen LogP contribution in [0.25, 0.3) is 0 Å². The van der Waals surface area contributed by atoms with Crippen molar-refractivity contribution in [3.63, 3.8) is 0 Å². The van der Waals surface area contributed by atoms with Gasteiger partial charge in [-0.05, 0) is 12.5 Å². The fourth-order valence-electron chi connectivity index (χ4n) is 1.83. The second-order valence-electron chi connectivity index (χ2n) is 4.08. The molecule has 0 aromatic carbocycles. The van der Waals surface area contributed by atoms with E-state index in [1.165, 1.54) is 0 Å². The van der Waals surface area contributed by atoms with Gasteiger partial charge in [0, 0.05) is 31.7 Å². The minimum absolute atomic E-state index is 0.0110. The van der Waals surface area contributed by atoms with Crippen molar-refractivity contribution in [2.75, 3.05) is 13.1 Å². The van der Waals surface area contributed by atoms with E-state index in [4.69, 9.17) is 5.73 Å². The zero-order valence-corrected chi connectivity index (χ0v) is 8.89. The quantitative estimate of drug-likeness (QED) is 0.745. The largest absolute Gasteiger partial charge is 0.339 e. The maximum atomic E-state index is 11.4. The van der Waals surface area contributed by atoms with E-state index in [9.17, 15) is 4.79 Å². The number of hydrogen-bond acceptors (Lipinski definition) is 3. The third kappa shape index (κ3) is 2.36. The summed E-state index contributed by atoms with van der Waals surface area (Å²) in [5, 5.41) is 4.17. The number of hydrogen-bond donors (Lipinski definition) is 1. The molecule has 1 fully saturated rings. The van der Waals surface area contributed by atoms with E-state index < -0.39 is 0 Å². The molecule has 15 heavy (non-hydrogen) atoms. The Bertz CT molecular complexity index is 360. The highest BCUT2D eigenvalue weighted by Crippen LogP contribution is 2.08. The Kier molecular flexibility index (Phi) is 2.73. The van der Waals surface area contributed by atoms with Crippen LogP contribution in [-0.4, -0.2) is 39.7 Å². The lowest BCUT2D eigenvalue weighted by atomic mass is 10.3. The summed E-state index contributed by atoms with van der Waals surface area (Å²) in [6, 6.07) is 0.0110. The number of nitrogens with two attached hydrogens (primary N) is 1. The van der Waals surface area contributed by atoms with E-state index in [2.05, 4.69) is 5.10 Å². The van der Waals surface area contributed by atoms with E-state index in [-0.39, 0.29) is 11.9 Å². The Morgan fingerprint density at radius 1 is 1.60 bits per heavy atom. The Balaban J connectivity index is 1.86. The van der Waals surface area contributed by atoms with Gasteiger partial charge in [-0.3, -0.25) is 9.48 Å². The average molecular weight is 208 g/mol. The van der Waals surface area contributed by atoms with E-state index in [0.29, 0.717) is 19.5 Å². The van der Waals surface area contributed by atoms with Crippen LogP contribution >= 0.6 is 0 Å². The molecule has 1 unspecified atom stereocenters. The summed E-state index contributed by atoms with van der Waals surface area (Å²) >= 11 is 0. The summed E-state index contributed by atoms with van der Waals surface area (Å²) in [4.78, 5) is 13.2. The number of amides is 1. The molecule has 0 saturated carbocycles. The van der Waals surface area contributed by atoms with Gasteiger partial charge in [0.25, 0.3) is 0 Å². The standard InChI is InChI=1S/C10H16N4O/c1-8-5-12-14(6-8)3-2-13-7-9(11)4-10(13)15/h5-6,9H,2-4,7,11H2,1H3. The van der Waals surface area contributed by atoms with Gasteiger partial charge in [-0.1, -0.05) is 0 Å². The van der Waals surface area contributed by atoms with Crippen molar-refractivity contribution in [3.05, 3.63) is 18.0 Å².